The number of carboxylic acid groups (broad SMARTS) is 1. The molecule has 2 fully saturated rings. The van der Waals surface area contributed by atoms with Crippen molar-refractivity contribution < 1.29 is 18.3 Å². The van der Waals surface area contributed by atoms with Gasteiger partial charge in [-0.2, -0.15) is 11.8 Å². The molecule has 5 nitrogen and oxygen atoms in total. The summed E-state index contributed by atoms with van der Waals surface area (Å²) in [6.07, 6.45) is 1.67. The Labute approximate surface area is 106 Å². The number of carbonyl (C=O) groups is 1. The minimum absolute atomic E-state index is 0.488. The summed E-state index contributed by atoms with van der Waals surface area (Å²) in [5.74, 6) is -0.0649. The van der Waals surface area contributed by atoms with Gasteiger partial charge >= 0.3 is 5.97 Å². The van der Waals surface area contributed by atoms with Gasteiger partial charge in [0.05, 0.1) is 11.2 Å². The van der Waals surface area contributed by atoms with Gasteiger partial charge in [-0.3, -0.25) is 4.79 Å². The molecule has 1 N–H and O–H groups in total. The summed E-state index contributed by atoms with van der Waals surface area (Å²) in [7, 11) is -3.42. The standard InChI is InChI=1S/C10H17NO4S2/c12-10(13)8-2-1-3-9(8)17(14,15)11-4-6-16-7-5-11/h8-9H,1-7H2,(H,12,13). The van der Waals surface area contributed by atoms with Crippen molar-refractivity contribution in [3.8, 4) is 0 Å². The van der Waals surface area contributed by atoms with Gasteiger partial charge in [0.2, 0.25) is 10.0 Å². The van der Waals surface area contributed by atoms with Crippen LogP contribution in [0.15, 0.2) is 0 Å². The number of rotatable bonds is 3. The van der Waals surface area contributed by atoms with E-state index in [2.05, 4.69) is 0 Å². The number of hydrogen-bond donors (Lipinski definition) is 1. The molecule has 0 aromatic rings. The van der Waals surface area contributed by atoms with Crippen LogP contribution in [0.4, 0.5) is 0 Å². The fraction of sp³-hybridized carbons (Fsp3) is 0.900. The first-order valence-corrected chi connectivity index (χ1v) is 8.49. The molecular weight excluding hydrogens is 262 g/mol. The Kier molecular flexibility index (Phi) is 3.99. The molecule has 98 valence electrons. The van der Waals surface area contributed by atoms with Gasteiger partial charge in [-0.25, -0.2) is 12.7 Å². The van der Waals surface area contributed by atoms with Gasteiger partial charge in [-0.1, -0.05) is 6.42 Å². The average molecular weight is 279 g/mol. The maximum atomic E-state index is 12.4. The SMILES string of the molecule is O=C(O)C1CCCC1S(=O)(=O)N1CCSCC1. The molecule has 2 rings (SSSR count). The maximum Gasteiger partial charge on any atom is 0.307 e. The highest BCUT2D eigenvalue weighted by molar-refractivity contribution is 7.99. The summed E-state index contributed by atoms with van der Waals surface area (Å²) in [5, 5.41) is 8.35. The molecule has 1 aliphatic carbocycles. The largest absolute Gasteiger partial charge is 0.481 e. The van der Waals surface area contributed by atoms with E-state index in [1.54, 1.807) is 11.8 Å². The second-order valence-corrected chi connectivity index (χ2v) is 7.85. The third-order valence-corrected chi connectivity index (χ3v) is 6.84. The first-order valence-electron chi connectivity index (χ1n) is 5.83. The van der Waals surface area contributed by atoms with Crippen molar-refractivity contribution in [1.82, 2.24) is 4.31 Å². The average Bonchev–Trinajstić information content (AvgIpc) is 2.80. The van der Waals surface area contributed by atoms with Crippen LogP contribution in [0.25, 0.3) is 0 Å². The molecule has 7 heteroatoms. The van der Waals surface area contributed by atoms with E-state index in [4.69, 9.17) is 5.11 Å². The highest BCUT2D eigenvalue weighted by Gasteiger charge is 2.44. The monoisotopic (exact) mass is 279 g/mol. The molecule has 0 amide bonds. The lowest BCUT2D eigenvalue weighted by atomic mass is 10.1. The molecule has 0 radical (unpaired) electrons. The van der Waals surface area contributed by atoms with E-state index in [0.29, 0.717) is 32.4 Å². The van der Waals surface area contributed by atoms with E-state index in [-0.39, 0.29) is 0 Å². The molecule has 1 heterocycles. The highest BCUT2D eigenvalue weighted by atomic mass is 32.2. The molecular formula is C10H17NO4S2. The van der Waals surface area contributed by atoms with Crippen molar-refractivity contribution in [2.45, 2.75) is 24.5 Å². The maximum absolute atomic E-state index is 12.4. The molecule has 1 saturated carbocycles. The van der Waals surface area contributed by atoms with Gasteiger partial charge < -0.3 is 5.11 Å². The first kappa shape index (κ1) is 13.2. The minimum Gasteiger partial charge on any atom is -0.481 e. The van der Waals surface area contributed by atoms with Crippen LogP contribution < -0.4 is 0 Å². The zero-order chi connectivity index (χ0) is 12.5. The van der Waals surface area contributed by atoms with E-state index in [1.165, 1.54) is 4.31 Å². The number of sulfonamides is 1. The molecule has 1 saturated heterocycles. The van der Waals surface area contributed by atoms with Gasteiger partial charge in [0.1, 0.15) is 0 Å². The van der Waals surface area contributed by atoms with Crippen molar-refractivity contribution in [2.75, 3.05) is 24.6 Å². The predicted octanol–water partition coefficient (Wildman–Crippen LogP) is 0.618. The van der Waals surface area contributed by atoms with Gasteiger partial charge in [0.25, 0.3) is 0 Å². The normalized spacial score (nSPS) is 31.5. The van der Waals surface area contributed by atoms with Crippen LogP contribution in [0.2, 0.25) is 0 Å². The smallest absolute Gasteiger partial charge is 0.307 e. The van der Waals surface area contributed by atoms with Gasteiger partial charge in [-0.15, -0.1) is 0 Å². The molecule has 0 spiro atoms. The van der Waals surface area contributed by atoms with E-state index >= 15 is 0 Å². The molecule has 0 aromatic heterocycles. The Morgan fingerprint density at radius 3 is 2.47 bits per heavy atom. The summed E-state index contributed by atoms with van der Waals surface area (Å²) in [6.45, 7) is 1.05. The zero-order valence-electron chi connectivity index (χ0n) is 9.54. The van der Waals surface area contributed by atoms with E-state index in [1.807, 2.05) is 0 Å². The van der Waals surface area contributed by atoms with Crippen molar-refractivity contribution in [1.29, 1.82) is 0 Å². The van der Waals surface area contributed by atoms with Crippen LogP contribution in [0.5, 0.6) is 0 Å². The van der Waals surface area contributed by atoms with E-state index in [9.17, 15) is 13.2 Å². The van der Waals surface area contributed by atoms with Crippen molar-refractivity contribution in [2.24, 2.45) is 5.92 Å². The molecule has 17 heavy (non-hydrogen) atoms. The van der Waals surface area contributed by atoms with Crippen molar-refractivity contribution in [3.63, 3.8) is 0 Å². The fourth-order valence-electron chi connectivity index (χ4n) is 2.56. The van der Waals surface area contributed by atoms with E-state index < -0.39 is 27.2 Å². The quantitative estimate of drug-likeness (QED) is 0.819. The summed E-state index contributed by atoms with van der Waals surface area (Å²) in [5.41, 5.74) is 0. The van der Waals surface area contributed by atoms with Gasteiger partial charge in [0, 0.05) is 24.6 Å². The van der Waals surface area contributed by atoms with Gasteiger partial charge in [-0.05, 0) is 12.8 Å². The zero-order valence-corrected chi connectivity index (χ0v) is 11.2. The van der Waals surface area contributed by atoms with Crippen LogP contribution in [-0.4, -0.2) is 53.6 Å². The van der Waals surface area contributed by atoms with Crippen LogP contribution in [0.1, 0.15) is 19.3 Å². The van der Waals surface area contributed by atoms with Crippen LogP contribution in [0.3, 0.4) is 0 Å². The summed E-state index contributed by atoms with van der Waals surface area (Å²) in [6, 6.07) is 0. The molecule has 1 aliphatic heterocycles. The third kappa shape index (κ3) is 2.61. The van der Waals surface area contributed by atoms with Gasteiger partial charge in [0.15, 0.2) is 0 Å². The topological polar surface area (TPSA) is 74.7 Å². The third-order valence-electron chi connectivity index (χ3n) is 3.48. The predicted molar refractivity (Wildman–Crippen MR) is 66.6 cm³/mol. The summed E-state index contributed by atoms with van der Waals surface area (Å²) >= 11 is 1.74. The Hall–Kier alpha value is -0.270. The minimum atomic E-state index is -3.42. The Bertz CT molecular complexity index is 389. The number of hydrogen-bond acceptors (Lipinski definition) is 4. The lowest BCUT2D eigenvalue weighted by Crippen LogP contribution is -2.45. The molecule has 2 unspecified atom stereocenters. The number of carboxylic acids is 1. The van der Waals surface area contributed by atoms with Crippen molar-refractivity contribution >= 4 is 27.8 Å². The lowest BCUT2D eigenvalue weighted by Gasteiger charge is -2.29. The number of nitrogens with zero attached hydrogens (tertiary/aromatic N) is 1. The van der Waals surface area contributed by atoms with Crippen LogP contribution in [0, 0.1) is 5.92 Å². The van der Waals surface area contributed by atoms with Crippen LogP contribution >= 0.6 is 11.8 Å². The summed E-state index contributed by atoms with van der Waals surface area (Å²) < 4.78 is 26.2. The second kappa shape index (κ2) is 5.16. The Morgan fingerprint density at radius 1 is 1.24 bits per heavy atom. The lowest BCUT2D eigenvalue weighted by molar-refractivity contribution is -0.141. The second-order valence-electron chi connectivity index (χ2n) is 4.47. The molecule has 0 aromatic carbocycles. The molecule has 2 atom stereocenters. The molecule has 2 aliphatic rings. The van der Waals surface area contributed by atoms with E-state index in [0.717, 1.165) is 11.5 Å². The molecule has 0 bridgehead atoms. The number of aliphatic carboxylic acids is 1. The van der Waals surface area contributed by atoms with Crippen LogP contribution in [-0.2, 0) is 14.8 Å². The Morgan fingerprint density at radius 2 is 1.88 bits per heavy atom. The highest BCUT2D eigenvalue weighted by Crippen LogP contribution is 2.33. The summed E-state index contributed by atoms with van der Waals surface area (Å²) in [4.78, 5) is 11.1. The first-order chi connectivity index (χ1) is 8.03. The van der Waals surface area contributed by atoms with Crippen molar-refractivity contribution in [3.05, 3.63) is 0 Å². The Balaban J connectivity index is 2.16. The number of thioether (sulfide) groups is 1. The fourth-order valence-corrected chi connectivity index (χ4v) is 5.90.